The fraction of sp³-hybridized carbons (Fsp3) is 0.300. The molecule has 0 aliphatic rings. The fourth-order valence-electron chi connectivity index (χ4n) is 1.09. The van der Waals surface area contributed by atoms with Gasteiger partial charge in [0.05, 0.1) is 12.3 Å². The molecule has 0 bridgehead atoms. The van der Waals surface area contributed by atoms with E-state index in [2.05, 4.69) is 5.32 Å². The van der Waals surface area contributed by atoms with Gasteiger partial charge in [-0.2, -0.15) is 0 Å². The van der Waals surface area contributed by atoms with E-state index >= 15 is 0 Å². The second-order valence-electron chi connectivity index (χ2n) is 3.21. The van der Waals surface area contributed by atoms with E-state index in [-0.39, 0.29) is 18.0 Å². The number of anilines is 1. The van der Waals surface area contributed by atoms with Crippen LogP contribution in [0.15, 0.2) is 18.2 Å². The van der Waals surface area contributed by atoms with Crippen molar-refractivity contribution in [1.82, 2.24) is 0 Å². The molecule has 0 aliphatic heterocycles. The Morgan fingerprint density at radius 3 is 2.94 bits per heavy atom. The number of aromatic hydroxyl groups is 1. The van der Waals surface area contributed by atoms with E-state index in [1.807, 2.05) is 0 Å². The molecule has 0 aliphatic carbocycles. The molecule has 16 heavy (non-hydrogen) atoms. The van der Waals surface area contributed by atoms with Crippen LogP contribution in [-0.2, 0) is 9.53 Å². The molecule has 6 heteroatoms. The molecular formula is C10H13ClN2O3. The van der Waals surface area contributed by atoms with E-state index in [9.17, 15) is 9.90 Å². The van der Waals surface area contributed by atoms with Crippen LogP contribution in [0.5, 0.6) is 5.75 Å². The number of benzene rings is 1. The number of carbonyl (C=O) groups is 1. The van der Waals surface area contributed by atoms with Crippen molar-refractivity contribution in [1.29, 1.82) is 0 Å². The second kappa shape index (κ2) is 5.69. The van der Waals surface area contributed by atoms with Gasteiger partial charge in [-0.3, -0.25) is 4.79 Å². The molecule has 1 rings (SSSR count). The zero-order chi connectivity index (χ0) is 12.1. The number of nitrogens with two attached hydrogens (primary N) is 1. The highest BCUT2D eigenvalue weighted by Crippen LogP contribution is 2.26. The van der Waals surface area contributed by atoms with E-state index in [0.29, 0.717) is 5.02 Å². The van der Waals surface area contributed by atoms with Gasteiger partial charge in [0.1, 0.15) is 11.8 Å². The quantitative estimate of drug-likeness (QED) is 0.689. The molecule has 1 unspecified atom stereocenters. The normalized spacial score (nSPS) is 12.2. The molecule has 5 nitrogen and oxygen atoms in total. The standard InChI is InChI=1S/C10H13ClN2O3/c1-16-5-7(12)10(15)13-8-3-2-6(11)4-9(8)14/h2-4,7,14H,5,12H2,1H3,(H,13,15). The summed E-state index contributed by atoms with van der Waals surface area (Å²) < 4.78 is 4.74. The third-order valence-corrected chi connectivity index (χ3v) is 2.14. The van der Waals surface area contributed by atoms with Gasteiger partial charge in [0.25, 0.3) is 0 Å². The summed E-state index contributed by atoms with van der Waals surface area (Å²) in [5, 5.41) is 12.3. The summed E-state index contributed by atoms with van der Waals surface area (Å²) in [6, 6.07) is 3.60. The predicted octanol–water partition coefficient (Wildman–Crippen LogP) is 0.958. The van der Waals surface area contributed by atoms with Crippen LogP contribution in [0.1, 0.15) is 0 Å². The highest BCUT2D eigenvalue weighted by Gasteiger charge is 2.14. The first-order chi connectivity index (χ1) is 7.54. The van der Waals surface area contributed by atoms with Crippen LogP contribution in [0.25, 0.3) is 0 Å². The number of methoxy groups -OCH3 is 1. The third-order valence-electron chi connectivity index (χ3n) is 1.90. The average molecular weight is 245 g/mol. The summed E-state index contributed by atoms with van der Waals surface area (Å²) in [6.45, 7) is 0.111. The van der Waals surface area contributed by atoms with Gasteiger partial charge < -0.3 is 20.9 Å². The number of phenolic OH excluding ortho intramolecular Hbond substituents is 1. The minimum atomic E-state index is -0.778. The van der Waals surface area contributed by atoms with Gasteiger partial charge in [-0.05, 0) is 12.1 Å². The number of amides is 1. The smallest absolute Gasteiger partial charge is 0.243 e. The largest absolute Gasteiger partial charge is 0.506 e. The van der Waals surface area contributed by atoms with Crippen molar-refractivity contribution in [3.63, 3.8) is 0 Å². The number of ether oxygens (including phenoxy) is 1. The molecule has 1 aromatic rings. The minimum Gasteiger partial charge on any atom is -0.506 e. The van der Waals surface area contributed by atoms with Crippen molar-refractivity contribution in [3.05, 3.63) is 23.2 Å². The summed E-state index contributed by atoms with van der Waals surface area (Å²) in [6.07, 6.45) is 0. The predicted molar refractivity (Wildman–Crippen MR) is 61.6 cm³/mol. The Hall–Kier alpha value is -1.30. The highest BCUT2D eigenvalue weighted by atomic mass is 35.5. The van der Waals surface area contributed by atoms with Crippen molar-refractivity contribution >= 4 is 23.2 Å². The third kappa shape index (κ3) is 3.37. The van der Waals surface area contributed by atoms with E-state index < -0.39 is 11.9 Å². The first-order valence-corrected chi connectivity index (χ1v) is 4.96. The number of rotatable bonds is 4. The number of hydrogen-bond acceptors (Lipinski definition) is 4. The molecule has 4 N–H and O–H groups in total. The maximum atomic E-state index is 11.5. The van der Waals surface area contributed by atoms with Crippen LogP contribution in [0.2, 0.25) is 5.02 Å². The Balaban J connectivity index is 2.69. The molecule has 0 saturated carbocycles. The molecule has 0 fully saturated rings. The molecule has 1 amide bonds. The summed E-state index contributed by atoms with van der Waals surface area (Å²) in [7, 11) is 1.45. The lowest BCUT2D eigenvalue weighted by atomic mass is 10.2. The van der Waals surface area contributed by atoms with Gasteiger partial charge in [-0.1, -0.05) is 11.6 Å². The number of phenols is 1. The number of carbonyl (C=O) groups excluding carboxylic acids is 1. The molecular weight excluding hydrogens is 232 g/mol. The molecule has 0 saturated heterocycles. The van der Waals surface area contributed by atoms with Crippen LogP contribution >= 0.6 is 11.6 Å². The lowest BCUT2D eigenvalue weighted by Crippen LogP contribution is -2.39. The summed E-state index contributed by atoms with van der Waals surface area (Å²) in [5.41, 5.74) is 5.78. The van der Waals surface area contributed by atoms with E-state index in [4.69, 9.17) is 22.1 Å². The van der Waals surface area contributed by atoms with Crippen LogP contribution in [0.4, 0.5) is 5.69 Å². The zero-order valence-electron chi connectivity index (χ0n) is 8.74. The lowest BCUT2D eigenvalue weighted by molar-refractivity contribution is -0.118. The number of hydrogen-bond donors (Lipinski definition) is 3. The van der Waals surface area contributed by atoms with Crippen molar-refractivity contribution in [2.24, 2.45) is 5.73 Å². The monoisotopic (exact) mass is 244 g/mol. The number of halogens is 1. The first-order valence-electron chi connectivity index (χ1n) is 4.58. The maximum Gasteiger partial charge on any atom is 0.243 e. The van der Waals surface area contributed by atoms with Crippen molar-refractivity contribution in [3.8, 4) is 5.75 Å². The molecule has 0 heterocycles. The topological polar surface area (TPSA) is 84.6 Å². The Morgan fingerprint density at radius 1 is 1.69 bits per heavy atom. The fourth-order valence-corrected chi connectivity index (χ4v) is 1.26. The molecule has 0 spiro atoms. The van der Waals surface area contributed by atoms with Crippen LogP contribution in [0.3, 0.4) is 0 Å². The van der Waals surface area contributed by atoms with E-state index in [0.717, 1.165) is 0 Å². The Bertz CT molecular complexity index is 384. The Morgan fingerprint density at radius 2 is 2.38 bits per heavy atom. The van der Waals surface area contributed by atoms with Gasteiger partial charge >= 0.3 is 0 Å². The van der Waals surface area contributed by atoms with Gasteiger partial charge in [-0.15, -0.1) is 0 Å². The van der Waals surface area contributed by atoms with Gasteiger partial charge in [0.2, 0.25) is 5.91 Å². The van der Waals surface area contributed by atoms with Crippen LogP contribution in [0, 0.1) is 0 Å². The average Bonchev–Trinajstić information content (AvgIpc) is 2.22. The second-order valence-corrected chi connectivity index (χ2v) is 3.65. The van der Waals surface area contributed by atoms with Crippen molar-refractivity contribution in [2.75, 3.05) is 19.0 Å². The number of nitrogens with one attached hydrogen (secondary N) is 1. The van der Waals surface area contributed by atoms with Gasteiger partial charge in [0, 0.05) is 18.2 Å². The van der Waals surface area contributed by atoms with Gasteiger partial charge in [0.15, 0.2) is 0 Å². The van der Waals surface area contributed by atoms with E-state index in [1.54, 1.807) is 6.07 Å². The zero-order valence-corrected chi connectivity index (χ0v) is 9.49. The van der Waals surface area contributed by atoms with Crippen LogP contribution in [-0.4, -0.2) is 30.8 Å². The summed E-state index contributed by atoms with van der Waals surface area (Å²) >= 11 is 5.65. The Kier molecular flexibility index (Phi) is 4.54. The highest BCUT2D eigenvalue weighted by molar-refractivity contribution is 6.30. The maximum absolute atomic E-state index is 11.5. The van der Waals surface area contributed by atoms with Gasteiger partial charge in [-0.25, -0.2) is 0 Å². The Labute approximate surface area is 98.2 Å². The van der Waals surface area contributed by atoms with Crippen molar-refractivity contribution < 1.29 is 14.6 Å². The van der Waals surface area contributed by atoms with E-state index in [1.165, 1.54) is 19.2 Å². The molecule has 0 aromatic heterocycles. The first kappa shape index (κ1) is 12.8. The molecule has 0 radical (unpaired) electrons. The van der Waals surface area contributed by atoms with Crippen LogP contribution < -0.4 is 11.1 Å². The van der Waals surface area contributed by atoms with Crippen molar-refractivity contribution in [2.45, 2.75) is 6.04 Å². The SMILES string of the molecule is COCC(N)C(=O)Nc1ccc(Cl)cc1O. The lowest BCUT2D eigenvalue weighted by Gasteiger charge is -2.12. The molecule has 1 aromatic carbocycles. The summed E-state index contributed by atoms with van der Waals surface area (Å²) in [5.74, 6) is -0.537. The minimum absolute atomic E-state index is 0.106. The summed E-state index contributed by atoms with van der Waals surface area (Å²) in [4.78, 5) is 11.5. The molecule has 88 valence electrons. The molecule has 1 atom stereocenters.